The Morgan fingerprint density at radius 1 is 1.17 bits per heavy atom. The minimum absolute atomic E-state index is 0.0508. The van der Waals surface area contributed by atoms with Crippen molar-refractivity contribution < 1.29 is 13.9 Å². The van der Waals surface area contributed by atoms with Crippen molar-refractivity contribution >= 4 is 22.0 Å². The van der Waals surface area contributed by atoms with Crippen LogP contribution in [0.25, 0.3) is 22.0 Å². The van der Waals surface area contributed by atoms with Gasteiger partial charge in [0.2, 0.25) is 17.9 Å². The first kappa shape index (κ1) is 9.58. The molecule has 1 aliphatic rings. The average molecular weight is 243 g/mol. The van der Waals surface area contributed by atoms with E-state index in [0.717, 1.165) is 5.52 Å². The van der Waals surface area contributed by atoms with E-state index < -0.39 is 0 Å². The minimum Gasteiger partial charge on any atom is -0.454 e. The zero-order valence-electron chi connectivity index (χ0n) is 9.60. The number of benzene rings is 1. The molecule has 4 rings (SSSR count). The second-order valence-electron chi connectivity index (χ2n) is 4.25. The Balaban J connectivity index is 2.29. The van der Waals surface area contributed by atoms with Crippen LogP contribution >= 0.6 is 0 Å². The monoisotopic (exact) mass is 243 g/mol. The largest absolute Gasteiger partial charge is 0.454 e. The van der Waals surface area contributed by atoms with Crippen LogP contribution in [0.2, 0.25) is 0 Å². The third kappa shape index (κ3) is 1.03. The van der Waals surface area contributed by atoms with Crippen LogP contribution in [0.1, 0.15) is 0 Å². The van der Waals surface area contributed by atoms with Crippen LogP contribution in [0.5, 0.6) is 11.5 Å². The number of furan rings is 1. The molecular weight excluding hydrogens is 234 g/mol. The maximum Gasteiger partial charge on any atom is 0.231 e. The zero-order valence-corrected chi connectivity index (χ0v) is 9.60. The van der Waals surface area contributed by atoms with Gasteiger partial charge >= 0.3 is 0 Å². The highest BCUT2D eigenvalue weighted by atomic mass is 16.7. The summed E-state index contributed by atoms with van der Waals surface area (Å²) in [5.74, 6) is 1.27. The van der Waals surface area contributed by atoms with Crippen LogP contribution in [0.15, 0.2) is 33.7 Å². The Bertz CT molecular complexity index is 843. The lowest BCUT2D eigenvalue weighted by Gasteiger charge is -2.07. The first-order chi connectivity index (χ1) is 8.75. The summed E-state index contributed by atoms with van der Waals surface area (Å²) in [5.41, 5.74) is 1.28. The smallest absolute Gasteiger partial charge is 0.231 e. The Hall–Kier alpha value is -2.43. The summed E-state index contributed by atoms with van der Waals surface area (Å²) in [6.45, 7) is 0.194. The van der Waals surface area contributed by atoms with Crippen molar-refractivity contribution in [2.24, 2.45) is 7.05 Å². The van der Waals surface area contributed by atoms with E-state index in [4.69, 9.17) is 13.9 Å². The maximum absolute atomic E-state index is 12.3. The Kier molecular flexibility index (Phi) is 1.63. The molecule has 3 aromatic rings. The fourth-order valence-electron chi connectivity index (χ4n) is 2.38. The van der Waals surface area contributed by atoms with Crippen LogP contribution in [-0.2, 0) is 7.05 Å². The number of aryl methyl sites for hydroxylation is 1. The predicted octanol–water partition coefficient (Wildman–Crippen LogP) is 2.01. The fraction of sp³-hybridized carbons (Fsp3) is 0.154. The summed E-state index contributed by atoms with van der Waals surface area (Å²) in [6.07, 6.45) is 1.52. The van der Waals surface area contributed by atoms with E-state index in [1.807, 2.05) is 11.6 Å². The molecule has 0 N–H and O–H groups in total. The van der Waals surface area contributed by atoms with Gasteiger partial charge in [-0.05, 0) is 12.1 Å². The van der Waals surface area contributed by atoms with E-state index in [1.54, 1.807) is 18.2 Å². The van der Waals surface area contributed by atoms with Crippen molar-refractivity contribution in [3.05, 3.63) is 34.7 Å². The third-order valence-electron chi connectivity index (χ3n) is 3.29. The molecule has 5 heteroatoms. The van der Waals surface area contributed by atoms with Crippen LogP contribution < -0.4 is 14.9 Å². The van der Waals surface area contributed by atoms with Gasteiger partial charge in [0.25, 0.3) is 0 Å². The Labute approximate surface area is 101 Å². The van der Waals surface area contributed by atoms with Gasteiger partial charge in [0.05, 0.1) is 22.6 Å². The minimum atomic E-state index is -0.0508. The Morgan fingerprint density at radius 3 is 2.78 bits per heavy atom. The number of nitrogens with zero attached hydrogens (tertiary/aromatic N) is 1. The highest BCUT2D eigenvalue weighted by Gasteiger charge is 2.18. The first-order valence-corrected chi connectivity index (χ1v) is 5.55. The molecule has 5 nitrogen and oxygen atoms in total. The quantitative estimate of drug-likeness (QED) is 0.606. The van der Waals surface area contributed by atoms with Crippen LogP contribution in [0.3, 0.4) is 0 Å². The van der Waals surface area contributed by atoms with Gasteiger partial charge in [-0.2, -0.15) is 0 Å². The van der Waals surface area contributed by atoms with Gasteiger partial charge in [-0.1, -0.05) is 0 Å². The van der Waals surface area contributed by atoms with Crippen molar-refractivity contribution in [1.82, 2.24) is 4.57 Å². The lowest BCUT2D eigenvalue weighted by Crippen LogP contribution is -2.07. The number of hydrogen-bond donors (Lipinski definition) is 0. The zero-order chi connectivity index (χ0) is 12.3. The van der Waals surface area contributed by atoms with Crippen LogP contribution in [0.4, 0.5) is 0 Å². The van der Waals surface area contributed by atoms with Crippen molar-refractivity contribution in [1.29, 1.82) is 0 Å². The summed E-state index contributed by atoms with van der Waals surface area (Å²) in [7, 11) is 1.86. The van der Waals surface area contributed by atoms with E-state index in [1.165, 1.54) is 6.26 Å². The lowest BCUT2D eigenvalue weighted by molar-refractivity contribution is 0.174. The molecule has 0 bridgehead atoms. The molecule has 0 saturated carbocycles. The number of fused-ring (bicyclic) bond motifs is 3. The average Bonchev–Trinajstić information content (AvgIpc) is 3.02. The van der Waals surface area contributed by atoms with Gasteiger partial charge in [0.1, 0.15) is 0 Å². The summed E-state index contributed by atoms with van der Waals surface area (Å²) >= 11 is 0. The molecule has 1 aliphatic heterocycles. The van der Waals surface area contributed by atoms with E-state index >= 15 is 0 Å². The van der Waals surface area contributed by atoms with Crippen molar-refractivity contribution in [3.8, 4) is 11.5 Å². The standard InChI is InChI=1S/C13H9NO4/c1-14-9-5-11-10(17-6-18-11)4-8(9)12(15)7-2-3-16-13(7)14/h2-5H,6H2,1H3. The Morgan fingerprint density at radius 2 is 1.94 bits per heavy atom. The van der Waals surface area contributed by atoms with Gasteiger partial charge in [-0.3, -0.25) is 4.79 Å². The predicted molar refractivity (Wildman–Crippen MR) is 65.1 cm³/mol. The molecule has 90 valence electrons. The van der Waals surface area contributed by atoms with E-state index in [0.29, 0.717) is 28.0 Å². The number of pyridine rings is 1. The van der Waals surface area contributed by atoms with Gasteiger partial charge in [-0.15, -0.1) is 0 Å². The number of aromatic nitrogens is 1. The molecule has 0 saturated heterocycles. The van der Waals surface area contributed by atoms with Crippen molar-refractivity contribution in [2.45, 2.75) is 0 Å². The molecule has 2 aromatic heterocycles. The second-order valence-corrected chi connectivity index (χ2v) is 4.25. The normalized spacial score (nSPS) is 13.6. The number of rotatable bonds is 0. The van der Waals surface area contributed by atoms with Crippen molar-refractivity contribution in [2.75, 3.05) is 6.79 Å². The van der Waals surface area contributed by atoms with Gasteiger partial charge in [0.15, 0.2) is 11.5 Å². The van der Waals surface area contributed by atoms with Gasteiger partial charge in [-0.25, -0.2) is 0 Å². The molecule has 1 aromatic carbocycles. The lowest BCUT2D eigenvalue weighted by atomic mass is 10.1. The second kappa shape index (κ2) is 3.07. The molecule has 0 unspecified atom stereocenters. The van der Waals surface area contributed by atoms with Gasteiger partial charge in [0, 0.05) is 13.1 Å². The molecule has 0 radical (unpaired) electrons. The summed E-state index contributed by atoms with van der Waals surface area (Å²) < 4.78 is 17.8. The van der Waals surface area contributed by atoms with E-state index in [-0.39, 0.29) is 12.2 Å². The van der Waals surface area contributed by atoms with Crippen LogP contribution in [0, 0.1) is 0 Å². The molecule has 18 heavy (non-hydrogen) atoms. The summed E-state index contributed by atoms with van der Waals surface area (Å²) in [4.78, 5) is 12.3. The summed E-state index contributed by atoms with van der Waals surface area (Å²) in [6, 6.07) is 5.22. The van der Waals surface area contributed by atoms with Gasteiger partial charge < -0.3 is 18.5 Å². The summed E-state index contributed by atoms with van der Waals surface area (Å²) in [5, 5.41) is 1.18. The molecular formula is C13H9NO4. The van der Waals surface area contributed by atoms with Crippen LogP contribution in [-0.4, -0.2) is 11.4 Å². The molecule has 0 aliphatic carbocycles. The van der Waals surface area contributed by atoms with E-state index in [9.17, 15) is 4.79 Å². The molecule has 0 atom stereocenters. The highest BCUT2D eigenvalue weighted by Crippen LogP contribution is 2.35. The first-order valence-electron chi connectivity index (χ1n) is 5.55. The van der Waals surface area contributed by atoms with Crippen molar-refractivity contribution in [3.63, 3.8) is 0 Å². The number of ether oxygens (including phenoxy) is 2. The molecule has 0 spiro atoms. The maximum atomic E-state index is 12.3. The SMILES string of the molecule is Cn1c2cc3c(cc2c(=O)c2ccoc21)OCO3. The highest BCUT2D eigenvalue weighted by molar-refractivity contribution is 5.93. The molecule has 0 fully saturated rings. The molecule has 0 amide bonds. The molecule has 3 heterocycles. The third-order valence-corrected chi connectivity index (χ3v) is 3.29. The fourth-order valence-corrected chi connectivity index (χ4v) is 2.38. The van der Waals surface area contributed by atoms with E-state index in [2.05, 4.69) is 0 Å². The topological polar surface area (TPSA) is 53.6 Å². The number of hydrogen-bond acceptors (Lipinski definition) is 4.